The van der Waals surface area contributed by atoms with Crippen LogP contribution in [0.5, 0.6) is 0 Å². The third-order valence-electron chi connectivity index (χ3n) is 5.44. The molecule has 3 nitrogen and oxygen atoms in total. The van der Waals surface area contributed by atoms with Crippen molar-refractivity contribution >= 4 is 13.4 Å². The van der Waals surface area contributed by atoms with Crippen LogP contribution in [0.15, 0.2) is 18.2 Å². The highest BCUT2D eigenvalue weighted by Gasteiger charge is 2.32. The molecular weight excluding hydrogens is 273 g/mol. The Kier molecular flexibility index (Phi) is 5.43. The van der Waals surface area contributed by atoms with E-state index in [-0.39, 0.29) is 7.69 Å². The number of anilines is 1. The summed E-state index contributed by atoms with van der Waals surface area (Å²) < 4.78 is 0. The summed E-state index contributed by atoms with van der Waals surface area (Å²) in [6, 6.07) is 8.75. The fourth-order valence-corrected chi connectivity index (χ4v) is 4.37. The molecular formula is C18H27BNO2. The first-order chi connectivity index (χ1) is 10.8. The normalized spacial score (nSPS) is 20.8. The molecule has 0 aromatic heterocycles. The highest BCUT2D eigenvalue weighted by molar-refractivity contribution is 6.13. The van der Waals surface area contributed by atoms with Crippen molar-refractivity contribution in [3.05, 3.63) is 18.2 Å². The van der Waals surface area contributed by atoms with Gasteiger partial charge in [0.2, 0.25) is 0 Å². The minimum atomic E-state index is 0. The van der Waals surface area contributed by atoms with Crippen molar-refractivity contribution in [3.8, 4) is 11.1 Å². The zero-order chi connectivity index (χ0) is 15.4. The van der Waals surface area contributed by atoms with E-state index in [0.717, 1.165) is 12.1 Å². The van der Waals surface area contributed by atoms with Gasteiger partial charge in [-0.1, -0.05) is 44.6 Å². The van der Waals surface area contributed by atoms with Crippen LogP contribution in [0.25, 0.3) is 11.1 Å². The van der Waals surface area contributed by atoms with Crippen LogP contribution < -0.4 is 4.90 Å². The monoisotopic (exact) mass is 300 g/mol. The van der Waals surface area contributed by atoms with Crippen LogP contribution >= 0.6 is 0 Å². The van der Waals surface area contributed by atoms with Gasteiger partial charge in [0.25, 0.3) is 0 Å². The van der Waals surface area contributed by atoms with Gasteiger partial charge in [0.15, 0.2) is 0 Å². The average Bonchev–Trinajstić information content (AvgIpc) is 3.24. The lowest BCUT2D eigenvalue weighted by Gasteiger charge is -2.43. The lowest BCUT2D eigenvalue weighted by Crippen LogP contribution is -2.45. The zero-order valence-corrected chi connectivity index (χ0v) is 13.4. The summed E-state index contributed by atoms with van der Waals surface area (Å²) in [6.07, 6.45) is 14.4. The van der Waals surface area contributed by atoms with Crippen LogP contribution in [0.3, 0.4) is 0 Å². The summed E-state index contributed by atoms with van der Waals surface area (Å²) in [7, 11) is 0. The quantitative estimate of drug-likeness (QED) is 0.851. The largest absolute Gasteiger partial charge is 0.482 e. The summed E-state index contributed by atoms with van der Waals surface area (Å²) in [5, 5.41) is 14.0. The zero-order valence-electron chi connectivity index (χ0n) is 13.4. The number of hydrogen-bond donors (Lipinski definition) is 2. The van der Waals surface area contributed by atoms with Crippen LogP contribution in [0.2, 0.25) is 0 Å². The number of nitrogens with zero attached hydrogens (tertiary/aromatic N) is 1. The molecule has 0 aromatic carbocycles. The predicted molar refractivity (Wildman–Crippen MR) is 91.9 cm³/mol. The van der Waals surface area contributed by atoms with E-state index in [1.54, 1.807) is 11.3 Å². The second-order valence-electron chi connectivity index (χ2n) is 6.84. The van der Waals surface area contributed by atoms with E-state index in [0.29, 0.717) is 0 Å². The fraction of sp³-hybridized carbons (Fsp3) is 0.667. The molecule has 1 radical (unpaired) electrons. The molecule has 0 atom stereocenters. The Hall–Kier alpha value is -0.995. The summed E-state index contributed by atoms with van der Waals surface area (Å²) in [5.74, 6) is 0. The van der Waals surface area contributed by atoms with Crippen molar-refractivity contribution in [2.45, 2.75) is 76.3 Å². The minimum Gasteiger partial charge on any atom is -0.429 e. The molecule has 0 heterocycles. The van der Waals surface area contributed by atoms with Crippen molar-refractivity contribution in [2.75, 3.05) is 4.90 Å². The first-order valence-corrected chi connectivity index (χ1v) is 8.88. The van der Waals surface area contributed by atoms with Gasteiger partial charge in [-0.25, -0.2) is 0 Å². The van der Waals surface area contributed by atoms with E-state index in [1.165, 1.54) is 69.8 Å². The molecule has 0 unspecified atom stereocenters. The van der Waals surface area contributed by atoms with E-state index < -0.39 is 0 Å². The molecule has 0 amide bonds. The van der Waals surface area contributed by atoms with Gasteiger partial charge in [-0.15, -0.1) is 0 Å². The summed E-state index contributed by atoms with van der Waals surface area (Å²) in [6.45, 7) is 0. The molecule has 119 valence electrons. The molecule has 0 saturated heterocycles. The van der Waals surface area contributed by atoms with Crippen LogP contribution in [0, 0.1) is 0 Å². The molecule has 4 aliphatic carbocycles. The first kappa shape index (κ1) is 15.9. The van der Waals surface area contributed by atoms with E-state index in [4.69, 9.17) is 10.0 Å². The smallest absolute Gasteiger partial charge is 0.429 e. The van der Waals surface area contributed by atoms with Gasteiger partial charge >= 0.3 is 7.69 Å². The SMILES string of the molecule is O[B]O.c1cc(N(C2CCCCC2)C2CCCCC2)c2cc1-2. The molecule has 0 bridgehead atoms. The lowest BCUT2D eigenvalue weighted by atomic mass is 9.88. The van der Waals surface area contributed by atoms with Gasteiger partial charge in [0.1, 0.15) is 0 Å². The Balaban J connectivity index is 0.000000446. The molecule has 4 heteroatoms. The van der Waals surface area contributed by atoms with Gasteiger partial charge in [0.05, 0.1) is 0 Å². The second kappa shape index (κ2) is 7.52. The Bertz CT molecular complexity index is 464. The Morgan fingerprint density at radius 3 is 1.68 bits per heavy atom. The third-order valence-corrected chi connectivity index (χ3v) is 5.44. The topological polar surface area (TPSA) is 43.7 Å². The standard InChI is InChI=1S/C18H25N.BH2O2/c1-3-7-15(8-4-1)19(16-9-5-2-6-10-16)18-12-11-14-13-17(14)18;2-1-3/h11-13,15-16H,1-10H2;2-3H. The number of fused-ring (bicyclic) bond motifs is 1. The molecule has 0 aliphatic heterocycles. The van der Waals surface area contributed by atoms with Gasteiger partial charge in [0, 0.05) is 23.3 Å². The van der Waals surface area contributed by atoms with Crippen LogP contribution in [-0.4, -0.2) is 29.8 Å². The summed E-state index contributed by atoms with van der Waals surface area (Å²) in [4.78, 5) is 2.86. The Labute approximate surface area is 134 Å². The van der Waals surface area contributed by atoms with Crippen molar-refractivity contribution in [2.24, 2.45) is 0 Å². The molecule has 0 spiro atoms. The van der Waals surface area contributed by atoms with Gasteiger partial charge in [-0.05, 0) is 43.4 Å². The highest BCUT2D eigenvalue weighted by Crippen LogP contribution is 2.47. The number of hydrogen-bond acceptors (Lipinski definition) is 3. The van der Waals surface area contributed by atoms with Crippen molar-refractivity contribution in [3.63, 3.8) is 0 Å². The second-order valence-corrected chi connectivity index (χ2v) is 6.84. The van der Waals surface area contributed by atoms with E-state index in [9.17, 15) is 0 Å². The molecule has 2 N–H and O–H groups in total. The Morgan fingerprint density at radius 2 is 1.32 bits per heavy atom. The van der Waals surface area contributed by atoms with Crippen molar-refractivity contribution in [1.29, 1.82) is 0 Å². The minimum absolute atomic E-state index is 0. The molecule has 0 aromatic rings. The molecule has 22 heavy (non-hydrogen) atoms. The van der Waals surface area contributed by atoms with E-state index in [2.05, 4.69) is 23.1 Å². The van der Waals surface area contributed by atoms with E-state index >= 15 is 0 Å². The van der Waals surface area contributed by atoms with Crippen LogP contribution in [0.4, 0.5) is 5.69 Å². The summed E-state index contributed by atoms with van der Waals surface area (Å²) in [5.41, 5.74) is 4.65. The molecule has 2 fully saturated rings. The maximum atomic E-state index is 7.00. The fourth-order valence-electron chi connectivity index (χ4n) is 4.37. The van der Waals surface area contributed by atoms with Crippen molar-refractivity contribution < 1.29 is 10.0 Å². The lowest BCUT2D eigenvalue weighted by molar-refractivity contribution is 0.340. The predicted octanol–water partition coefficient (Wildman–Crippen LogP) is 3.64. The van der Waals surface area contributed by atoms with Crippen LogP contribution in [0.1, 0.15) is 64.2 Å². The maximum Gasteiger partial charge on any atom is 0.482 e. The van der Waals surface area contributed by atoms with E-state index in [1.807, 2.05) is 0 Å². The summed E-state index contributed by atoms with van der Waals surface area (Å²) >= 11 is 0. The van der Waals surface area contributed by atoms with Gasteiger partial charge in [-0.2, -0.15) is 0 Å². The highest BCUT2D eigenvalue weighted by atomic mass is 16.4. The van der Waals surface area contributed by atoms with Gasteiger partial charge in [-0.3, -0.25) is 0 Å². The number of benzene rings is 1. The molecule has 4 aliphatic rings. The molecule has 2 saturated carbocycles. The van der Waals surface area contributed by atoms with Crippen molar-refractivity contribution in [1.82, 2.24) is 0 Å². The first-order valence-electron chi connectivity index (χ1n) is 8.88. The van der Waals surface area contributed by atoms with Gasteiger partial charge < -0.3 is 14.9 Å². The number of rotatable bonds is 3. The van der Waals surface area contributed by atoms with Crippen LogP contribution in [-0.2, 0) is 0 Å². The average molecular weight is 300 g/mol. The third kappa shape index (κ3) is 3.49. The maximum absolute atomic E-state index is 7.00. The Morgan fingerprint density at radius 1 is 0.818 bits per heavy atom. The molecule has 4 rings (SSSR count).